The summed E-state index contributed by atoms with van der Waals surface area (Å²) in [6.07, 6.45) is 3.47. The van der Waals surface area contributed by atoms with Gasteiger partial charge < -0.3 is 14.4 Å². The second-order valence-corrected chi connectivity index (χ2v) is 7.64. The summed E-state index contributed by atoms with van der Waals surface area (Å²) < 4.78 is 26.5. The van der Waals surface area contributed by atoms with Crippen molar-refractivity contribution in [2.45, 2.75) is 19.4 Å². The third-order valence-corrected chi connectivity index (χ3v) is 5.38. The number of carbonyl (C=O) groups excluding carboxylic acids is 1. The molecule has 1 aliphatic heterocycles. The molecule has 3 aromatic rings. The van der Waals surface area contributed by atoms with Crippen molar-refractivity contribution in [2.75, 3.05) is 26.8 Å². The molecule has 8 heteroatoms. The number of benzene rings is 2. The summed E-state index contributed by atoms with van der Waals surface area (Å²) in [7, 11) is 1.62. The predicted octanol–water partition coefficient (Wildman–Crippen LogP) is 3.41. The minimum Gasteiger partial charge on any atom is -0.497 e. The highest BCUT2D eigenvalue weighted by Gasteiger charge is 2.26. The van der Waals surface area contributed by atoms with Crippen LogP contribution in [0, 0.1) is 11.7 Å². The van der Waals surface area contributed by atoms with E-state index in [1.807, 2.05) is 24.3 Å². The number of rotatable bonds is 7. The zero-order valence-corrected chi connectivity index (χ0v) is 17.4. The van der Waals surface area contributed by atoms with Gasteiger partial charge in [0.25, 0.3) is 5.91 Å². The van der Waals surface area contributed by atoms with Crippen molar-refractivity contribution in [1.29, 1.82) is 0 Å². The van der Waals surface area contributed by atoms with Crippen LogP contribution in [0.15, 0.2) is 54.7 Å². The van der Waals surface area contributed by atoms with E-state index >= 15 is 0 Å². The molecule has 31 heavy (non-hydrogen) atoms. The zero-order valence-electron chi connectivity index (χ0n) is 17.4. The summed E-state index contributed by atoms with van der Waals surface area (Å²) in [5, 5.41) is 8.00. The number of ether oxygens (including phenoxy) is 2. The van der Waals surface area contributed by atoms with Crippen LogP contribution in [0.5, 0.6) is 11.5 Å². The third-order valence-electron chi connectivity index (χ3n) is 5.38. The Labute approximate surface area is 180 Å². The molecule has 1 aromatic heterocycles. The van der Waals surface area contributed by atoms with Crippen LogP contribution in [-0.4, -0.2) is 52.6 Å². The van der Waals surface area contributed by atoms with Crippen LogP contribution in [0.2, 0.25) is 0 Å². The standard InChI is InChI=1S/C23H25FN4O3/c1-30-19-8-4-9-20(12-19)31-16-17-6-5-11-27(13-17)23(29)22-15-28(26-25-22)14-18-7-2-3-10-21(18)24/h2-4,7-10,12,15,17H,5-6,11,13-14,16H2,1H3/t17-/m1/s1. The van der Waals surface area contributed by atoms with Crippen molar-refractivity contribution in [3.8, 4) is 11.5 Å². The SMILES string of the molecule is COc1cccc(OC[C@@H]2CCCN(C(=O)c3cn(Cc4ccccc4F)nn3)C2)c1. The first-order valence-corrected chi connectivity index (χ1v) is 10.3. The van der Waals surface area contributed by atoms with E-state index in [0.29, 0.717) is 25.3 Å². The summed E-state index contributed by atoms with van der Waals surface area (Å²) in [5.74, 6) is 1.26. The lowest BCUT2D eigenvalue weighted by atomic mass is 9.98. The van der Waals surface area contributed by atoms with Crippen LogP contribution in [0.1, 0.15) is 28.9 Å². The molecule has 0 N–H and O–H groups in total. The number of carbonyl (C=O) groups is 1. The molecule has 0 saturated carbocycles. The van der Waals surface area contributed by atoms with Crippen molar-refractivity contribution in [3.05, 3.63) is 71.8 Å². The molecule has 1 atom stereocenters. The van der Waals surface area contributed by atoms with Gasteiger partial charge in [-0.3, -0.25) is 4.79 Å². The Bertz CT molecular complexity index is 1040. The van der Waals surface area contributed by atoms with E-state index in [4.69, 9.17) is 9.47 Å². The molecule has 4 rings (SSSR count). The first kappa shape index (κ1) is 20.8. The van der Waals surface area contributed by atoms with Gasteiger partial charge in [0.2, 0.25) is 0 Å². The number of amides is 1. The Balaban J connectivity index is 1.34. The topological polar surface area (TPSA) is 69.5 Å². The van der Waals surface area contributed by atoms with Gasteiger partial charge in [-0.25, -0.2) is 9.07 Å². The summed E-state index contributed by atoms with van der Waals surface area (Å²) in [5.41, 5.74) is 0.768. The lowest BCUT2D eigenvalue weighted by Crippen LogP contribution is -2.41. The highest BCUT2D eigenvalue weighted by Crippen LogP contribution is 2.23. The van der Waals surface area contributed by atoms with Crippen molar-refractivity contribution < 1.29 is 18.7 Å². The number of hydrogen-bond donors (Lipinski definition) is 0. The Morgan fingerprint density at radius 1 is 1.19 bits per heavy atom. The van der Waals surface area contributed by atoms with E-state index in [1.54, 1.807) is 36.4 Å². The van der Waals surface area contributed by atoms with Gasteiger partial charge in [-0.2, -0.15) is 0 Å². The molecule has 2 aromatic carbocycles. The Morgan fingerprint density at radius 2 is 2.03 bits per heavy atom. The molecule has 7 nitrogen and oxygen atoms in total. The van der Waals surface area contributed by atoms with Gasteiger partial charge in [-0.15, -0.1) is 5.10 Å². The number of hydrogen-bond acceptors (Lipinski definition) is 5. The molecular weight excluding hydrogens is 399 g/mol. The van der Waals surface area contributed by atoms with Crippen LogP contribution in [0.3, 0.4) is 0 Å². The fraction of sp³-hybridized carbons (Fsp3) is 0.348. The van der Waals surface area contributed by atoms with Crippen LogP contribution in [-0.2, 0) is 6.54 Å². The smallest absolute Gasteiger partial charge is 0.276 e. The first-order valence-electron chi connectivity index (χ1n) is 10.3. The average Bonchev–Trinajstić information content (AvgIpc) is 3.27. The maximum absolute atomic E-state index is 13.9. The molecule has 162 valence electrons. The van der Waals surface area contributed by atoms with Gasteiger partial charge in [0.1, 0.15) is 17.3 Å². The van der Waals surface area contributed by atoms with Crippen molar-refractivity contribution in [3.63, 3.8) is 0 Å². The largest absolute Gasteiger partial charge is 0.497 e. The molecule has 0 bridgehead atoms. The minimum absolute atomic E-state index is 0.161. The average molecular weight is 424 g/mol. The molecule has 1 fully saturated rings. The van der Waals surface area contributed by atoms with Crippen molar-refractivity contribution in [2.24, 2.45) is 5.92 Å². The second kappa shape index (κ2) is 9.59. The number of methoxy groups -OCH3 is 1. The Hall–Kier alpha value is -3.42. The van der Waals surface area contributed by atoms with Gasteiger partial charge in [0, 0.05) is 30.6 Å². The first-order chi connectivity index (χ1) is 15.1. The highest BCUT2D eigenvalue weighted by atomic mass is 19.1. The number of piperidine rings is 1. The molecule has 2 heterocycles. The second-order valence-electron chi connectivity index (χ2n) is 7.64. The van der Waals surface area contributed by atoms with Gasteiger partial charge in [0.15, 0.2) is 5.69 Å². The molecule has 0 radical (unpaired) electrons. The van der Waals surface area contributed by atoms with Gasteiger partial charge in [-0.1, -0.05) is 29.5 Å². The van der Waals surface area contributed by atoms with E-state index in [2.05, 4.69) is 10.3 Å². The van der Waals surface area contributed by atoms with Gasteiger partial charge >= 0.3 is 0 Å². The summed E-state index contributed by atoms with van der Waals surface area (Å²) in [6.45, 7) is 2.03. The normalized spacial score (nSPS) is 16.2. The molecule has 1 saturated heterocycles. The number of likely N-dealkylation sites (tertiary alicyclic amines) is 1. The van der Waals surface area contributed by atoms with E-state index < -0.39 is 0 Å². The van der Waals surface area contributed by atoms with E-state index in [0.717, 1.165) is 24.3 Å². The monoisotopic (exact) mass is 424 g/mol. The quantitative estimate of drug-likeness (QED) is 0.581. The lowest BCUT2D eigenvalue weighted by Gasteiger charge is -2.32. The molecule has 0 aliphatic carbocycles. The number of halogens is 1. The molecule has 0 spiro atoms. The summed E-state index contributed by atoms with van der Waals surface area (Å²) >= 11 is 0. The van der Waals surface area contributed by atoms with Crippen LogP contribution in [0.25, 0.3) is 0 Å². The van der Waals surface area contributed by atoms with Crippen LogP contribution >= 0.6 is 0 Å². The van der Waals surface area contributed by atoms with Crippen LogP contribution in [0.4, 0.5) is 4.39 Å². The summed E-state index contributed by atoms with van der Waals surface area (Å²) in [6, 6.07) is 14.0. The lowest BCUT2D eigenvalue weighted by molar-refractivity contribution is 0.0627. The highest BCUT2D eigenvalue weighted by molar-refractivity contribution is 5.92. The van der Waals surface area contributed by atoms with E-state index in [-0.39, 0.29) is 29.9 Å². The third kappa shape index (κ3) is 5.20. The predicted molar refractivity (Wildman–Crippen MR) is 113 cm³/mol. The minimum atomic E-state index is -0.305. The van der Waals surface area contributed by atoms with Gasteiger partial charge in [0.05, 0.1) is 26.5 Å². The fourth-order valence-corrected chi connectivity index (χ4v) is 3.73. The number of nitrogens with zero attached hydrogens (tertiary/aromatic N) is 4. The fourth-order valence-electron chi connectivity index (χ4n) is 3.73. The molecule has 1 amide bonds. The Morgan fingerprint density at radius 3 is 2.87 bits per heavy atom. The maximum atomic E-state index is 13.9. The number of aromatic nitrogens is 3. The molecule has 0 unspecified atom stereocenters. The van der Waals surface area contributed by atoms with E-state index in [1.165, 1.54) is 10.7 Å². The van der Waals surface area contributed by atoms with Crippen molar-refractivity contribution in [1.82, 2.24) is 19.9 Å². The van der Waals surface area contributed by atoms with Crippen molar-refractivity contribution >= 4 is 5.91 Å². The molecular formula is C23H25FN4O3. The summed E-state index contributed by atoms with van der Waals surface area (Å²) in [4.78, 5) is 14.7. The maximum Gasteiger partial charge on any atom is 0.276 e. The van der Waals surface area contributed by atoms with E-state index in [9.17, 15) is 9.18 Å². The van der Waals surface area contributed by atoms with Gasteiger partial charge in [-0.05, 0) is 31.0 Å². The molecule has 1 aliphatic rings. The van der Waals surface area contributed by atoms with Crippen LogP contribution < -0.4 is 9.47 Å². The zero-order chi connectivity index (χ0) is 21.6. The Kier molecular flexibility index (Phi) is 6.45.